The Balaban J connectivity index is 2.06. The van der Waals surface area contributed by atoms with Crippen molar-refractivity contribution in [2.75, 3.05) is 27.2 Å². The van der Waals surface area contributed by atoms with E-state index in [4.69, 9.17) is 10.00 Å². The molecule has 2 aromatic carbocycles. The van der Waals surface area contributed by atoms with Crippen molar-refractivity contribution in [3.63, 3.8) is 0 Å². The summed E-state index contributed by atoms with van der Waals surface area (Å²) in [5, 5.41) is 10.0. The number of aromatic nitrogens is 1. The highest BCUT2D eigenvalue weighted by molar-refractivity contribution is 5.89. The molecule has 0 saturated carbocycles. The van der Waals surface area contributed by atoms with Gasteiger partial charge in [0.25, 0.3) is 0 Å². The van der Waals surface area contributed by atoms with Crippen LogP contribution in [0.15, 0.2) is 48.7 Å². The minimum absolute atomic E-state index is 0.274. The molecule has 0 saturated heterocycles. The minimum atomic E-state index is -0.274. The lowest BCUT2D eigenvalue weighted by atomic mass is 10.1. The maximum Gasteiger partial charge on any atom is 0.145 e. The molecule has 3 aromatic rings. The molecule has 0 unspecified atom stereocenters. The summed E-state index contributed by atoms with van der Waals surface area (Å²) in [6.45, 7) is 1.34. The van der Waals surface area contributed by atoms with Crippen LogP contribution < -0.4 is 4.74 Å². The van der Waals surface area contributed by atoms with Gasteiger partial charge in [0.1, 0.15) is 18.2 Å². The van der Waals surface area contributed by atoms with Crippen LogP contribution in [0.1, 0.15) is 5.56 Å². The molecule has 1 heterocycles. The summed E-state index contributed by atoms with van der Waals surface area (Å²) in [5.41, 5.74) is 2.34. The molecule has 3 rings (SSSR count). The maximum absolute atomic E-state index is 13.2. The summed E-state index contributed by atoms with van der Waals surface area (Å²) in [6.07, 6.45) is 1.88. The van der Waals surface area contributed by atoms with Gasteiger partial charge in [-0.05, 0) is 56.6 Å². The van der Waals surface area contributed by atoms with Crippen LogP contribution in [0.5, 0.6) is 5.75 Å². The van der Waals surface area contributed by atoms with Crippen LogP contribution in [0.25, 0.3) is 16.6 Å². The van der Waals surface area contributed by atoms with Gasteiger partial charge >= 0.3 is 0 Å². The second kappa shape index (κ2) is 6.73. The van der Waals surface area contributed by atoms with Gasteiger partial charge in [0, 0.05) is 17.6 Å². The van der Waals surface area contributed by atoms with E-state index in [9.17, 15) is 4.39 Å². The Bertz CT molecular complexity index is 891. The van der Waals surface area contributed by atoms with Gasteiger partial charge in [-0.1, -0.05) is 0 Å². The lowest BCUT2D eigenvalue weighted by molar-refractivity contribution is 0.263. The van der Waals surface area contributed by atoms with Crippen LogP contribution in [0, 0.1) is 17.1 Å². The Morgan fingerprint density at radius 3 is 2.58 bits per heavy atom. The quantitative estimate of drug-likeness (QED) is 0.720. The van der Waals surface area contributed by atoms with E-state index < -0.39 is 0 Å². The van der Waals surface area contributed by atoms with Crippen LogP contribution in [0.4, 0.5) is 4.39 Å². The zero-order valence-corrected chi connectivity index (χ0v) is 13.7. The fraction of sp³-hybridized carbons (Fsp3) is 0.211. The fourth-order valence-corrected chi connectivity index (χ4v) is 2.54. The van der Waals surface area contributed by atoms with E-state index in [1.54, 1.807) is 18.2 Å². The molecule has 0 amide bonds. The lowest BCUT2D eigenvalue weighted by Crippen LogP contribution is -2.19. The van der Waals surface area contributed by atoms with Gasteiger partial charge in [0.05, 0.1) is 23.3 Å². The Morgan fingerprint density at radius 2 is 1.92 bits per heavy atom. The molecule has 5 heteroatoms. The van der Waals surface area contributed by atoms with Crippen LogP contribution in [0.2, 0.25) is 0 Å². The molecule has 0 atom stereocenters. The van der Waals surface area contributed by atoms with Crippen molar-refractivity contribution in [3.05, 3.63) is 60.0 Å². The van der Waals surface area contributed by atoms with Crippen molar-refractivity contribution in [3.8, 4) is 17.5 Å². The number of hydrogen-bond acceptors (Lipinski definition) is 3. The summed E-state index contributed by atoms with van der Waals surface area (Å²) in [5.74, 6) is 0.442. The van der Waals surface area contributed by atoms with Crippen molar-refractivity contribution < 1.29 is 9.13 Å². The number of benzene rings is 2. The third kappa shape index (κ3) is 3.24. The van der Waals surface area contributed by atoms with Crippen LogP contribution in [0.3, 0.4) is 0 Å². The molecular weight excluding hydrogens is 305 g/mol. The Kier molecular flexibility index (Phi) is 4.50. The Hall–Kier alpha value is -2.84. The highest BCUT2D eigenvalue weighted by Crippen LogP contribution is 2.31. The van der Waals surface area contributed by atoms with Gasteiger partial charge in [0.2, 0.25) is 0 Å². The van der Waals surface area contributed by atoms with Crippen LogP contribution in [-0.4, -0.2) is 36.7 Å². The molecule has 122 valence electrons. The number of nitriles is 1. The monoisotopic (exact) mass is 323 g/mol. The molecule has 0 aliphatic heterocycles. The summed E-state index contributed by atoms with van der Waals surface area (Å²) >= 11 is 0. The first kappa shape index (κ1) is 16.0. The molecule has 24 heavy (non-hydrogen) atoms. The first-order valence-corrected chi connectivity index (χ1v) is 7.67. The number of hydrogen-bond donors (Lipinski definition) is 0. The largest absolute Gasteiger partial charge is 0.490 e. The van der Waals surface area contributed by atoms with E-state index in [-0.39, 0.29) is 5.82 Å². The third-order valence-electron chi connectivity index (χ3n) is 3.80. The van der Waals surface area contributed by atoms with Crippen LogP contribution in [-0.2, 0) is 0 Å². The molecule has 0 aliphatic rings. The topological polar surface area (TPSA) is 41.2 Å². The second-order valence-corrected chi connectivity index (χ2v) is 5.84. The third-order valence-corrected chi connectivity index (χ3v) is 3.80. The molecule has 0 N–H and O–H groups in total. The van der Waals surface area contributed by atoms with Gasteiger partial charge in [-0.15, -0.1) is 0 Å². The predicted molar refractivity (Wildman–Crippen MR) is 92.0 cm³/mol. The lowest BCUT2D eigenvalue weighted by Gasteiger charge is -2.10. The van der Waals surface area contributed by atoms with Crippen molar-refractivity contribution >= 4 is 10.9 Å². The first-order chi connectivity index (χ1) is 11.6. The molecule has 4 nitrogen and oxygen atoms in total. The van der Waals surface area contributed by atoms with Gasteiger partial charge in [0.15, 0.2) is 0 Å². The smallest absolute Gasteiger partial charge is 0.145 e. The average Bonchev–Trinajstić information content (AvgIpc) is 2.93. The van der Waals surface area contributed by atoms with Gasteiger partial charge < -0.3 is 14.2 Å². The van der Waals surface area contributed by atoms with E-state index in [1.165, 1.54) is 12.1 Å². The van der Waals surface area contributed by atoms with Gasteiger partial charge in [-0.25, -0.2) is 4.39 Å². The molecule has 0 aliphatic carbocycles. The number of likely N-dealkylation sites (N-methyl/N-ethyl adjacent to an activating group) is 1. The fourth-order valence-electron chi connectivity index (χ4n) is 2.54. The molecule has 0 spiro atoms. The standard InChI is InChI=1S/C19H18FN3O/c1-22(2)9-10-24-19-13-23(16-6-4-15(20)5-7-16)18-8-3-14(12-21)11-17(18)19/h3-8,11,13H,9-10H2,1-2H3. The Morgan fingerprint density at radius 1 is 1.17 bits per heavy atom. The predicted octanol–water partition coefficient (Wildman–Crippen LogP) is 3.58. The number of nitrogens with zero attached hydrogens (tertiary/aromatic N) is 3. The van der Waals surface area contributed by atoms with E-state index in [2.05, 4.69) is 6.07 Å². The van der Waals surface area contributed by atoms with Gasteiger partial charge in [-0.3, -0.25) is 0 Å². The van der Waals surface area contributed by atoms with E-state index >= 15 is 0 Å². The summed E-state index contributed by atoms with van der Waals surface area (Å²) in [4.78, 5) is 2.04. The van der Waals surface area contributed by atoms with Crippen molar-refractivity contribution in [1.29, 1.82) is 5.26 Å². The van der Waals surface area contributed by atoms with E-state index in [0.29, 0.717) is 17.9 Å². The molecule has 0 bridgehead atoms. The highest BCUT2D eigenvalue weighted by atomic mass is 19.1. The molecular formula is C19H18FN3O. The number of halogens is 1. The normalized spacial score (nSPS) is 11.0. The number of fused-ring (bicyclic) bond motifs is 1. The molecule has 0 fully saturated rings. The summed E-state index contributed by atoms with van der Waals surface area (Å²) in [7, 11) is 3.97. The van der Waals surface area contributed by atoms with Crippen molar-refractivity contribution in [1.82, 2.24) is 9.47 Å². The summed E-state index contributed by atoms with van der Waals surface area (Å²) in [6, 6.07) is 13.9. The molecule has 1 aromatic heterocycles. The number of rotatable bonds is 5. The first-order valence-electron chi connectivity index (χ1n) is 7.67. The van der Waals surface area contributed by atoms with Crippen LogP contribution >= 0.6 is 0 Å². The Labute approximate surface area is 140 Å². The second-order valence-electron chi connectivity index (χ2n) is 5.84. The zero-order valence-electron chi connectivity index (χ0n) is 13.7. The zero-order chi connectivity index (χ0) is 17.1. The average molecular weight is 323 g/mol. The number of ether oxygens (including phenoxy) is 1. The SMILES string of the molecule is CN(C)CCOc1cn(-c2ccc(F)cc2)c2ccc(C#N)cc12. The minimum Gasteiger partial charge on any atom is -0.490 e. The van der Waals surface area contributed by atoms with Gasteiger partial charge in [-0.2, -0.15) is 5.26 Å². The highest BCUT2D eigenvalue weighted by Gasteiger charge is 2.12. The summed E-state index contributed by atoms with van der Waals surface area (Å²) < 4.78 is 21.0. The molecule has 0 radical (unpaired) electrons. The van der Waals surface area contributed by atoms with E-state index in [1.807, 2.05) is 41.9 Å². The van der Waals surface area contributed by atoms with Crippen molar-refractivity contribution in [2.45, 2.75) is 0 Å². The van der Waals surface area contributed by atoms with Crippen molar-refractivity contribution in [2.24, 2.45) is 0 Å². The van der Waals surface area contributed by atoms with E-state index in [0.717, 1.165) is 23.1 Å². The maximum atomic E-state index is 13.2.